The molecule has 1 unspecified atom stereocenters. The van der Waals surface area contributed by atoms with E-state index in [0.29, 0.717) is 12.5 Å². The van der Waals surface area contributed by atoms with Gasteiger partial charge < -0.3 is 4.74 Å². The molecule has 0 saturated carbocycles. The fourth-order valence-electron chi connectivity index (χ4n) is 1.73. The molecular weight excluding hydrogens is 240 g/mol. The number of hydrogen-bond acceptors (Lipinski definition) is 2. The zero-order valence-electron chi connectivity index (χ0n) is 10.5. The Bertz CT molecular complexity index is 481. The van der Waals surface area contributed by atoms with Gasteiger partial charge >= 0.3 is 0 Å². The van der Waals surface area contributed by atoms with Crippen molar-refractivity contribution in [2.45, 2.75) is 6.92 Å². The van der Waals surface area contributed by atoms with Crippen molar-refractivity contribution in [1.82, 2.24) is 0 Å². The Morgan fingerprint density at radius 1 is 1.00 bits per heavy atom. The Kier molecular flexibility index (Phi) is 4.71. The third kappa shape index (κ3) is 3.30. The lowest BCUT2D eigenvalue weighted by atomic mass is 10.0. The average molecular weight is 258 g/mol. The van der Waals surface area contributed by atoms with Crippen LogP contribution in [0.15, 0.2) is 54.6 Å². The summed E-state index contributed by atoms with van der Waals surface area (Å²) < 4.78 is 5.90. The van der Waals surface area contributed by atoms with E-state index < -0.39 is 0 Å². The highest BCUT2D eigenvalue weighted by Crippen LogP contribution is 2.29. The lowest BCUT2D eigenvalue weighted by Gasteiger charge is -2.14. The second-order valence-corrected chi connectivity index (χ2v) is 4.83. The van der Waals surface area contributed by atoms with Crippen molar-refractivity contribution < 1.29 is 4.74 Å². The molecule has 0 fully saturated rings. The topological polar surface area (TPSA) is 9.23 Å². The molecule has 0 radical (unpaired) electrons. The summed E-state index contributed by atoms with van der Waals surface area (Å²) in [7, 11) is 0. The third-order valence-corrected chi connectivity index (χ3v) is 3.43. The number of benzene rings is 2. The largest absolute Gasteiger partial charge is 0.493 e. The number of thiol groups is 1. The summed E-state index contributed by atoms with van der Waals surface area (Å²) in [6, 6.07) is 18.5. The molecule has 18 heavy (non-hydrogen) atoms. The van der Waals surface area contributed by atoms with Crippen LogP contribution in [0.25, 0.3) is 11.1 Å². The minimum atomic E-state index is 0.456. The van der Waals surface area contributed by atoms with E-state index in [-0.39, 0.29) is 0 Å². The number of para-hydroxylation sites is 1. The summed E-state index contributed by atoms with van der Waals surface area (Å²) in [5.41, 5.74) is 2.33. The lowest BCUT2D eigenvalue weighted by Crippen LogP contribution is -2.10. The Labute approximate surface area is 114 Å². The molecule has 2 heteroatoms. The van der Waals surface area contributed by atoms with E-state index in [1.807, 2.05) is 36.4 Å². The van der Waals surface area contributed by atoms with Crippen molar-refractivity contribution in [3.8, 4) is 16.9 Å². The van der Waals surface area contributed by atoms with E-state index in [2.05, 4.69) is 37.8 Å². The van der Waals surface area contributed by atoms with Crippen LogP contribution in [0, 0.1) is 5.92 Å². The van der Waals surface area contributed by atoms with Gasteiger partial charge in [-0.25, -0.2) is 0 Å². The Balaban J connectivity index is 2.21. The highest BCUT2D eigenvalue weighted by atomic mass is 32.1. The van der Waals surface area contributed by atoms with Crippen LogP contribution in [-0.4, -0.2) is 12.4 Å². The quantitative estimate of drug-likeness (QED) is 0.787. The Morgan fingerprint density at radius 3 is 2.39 bits per heavy atom. The van der Waals surface area contributed by atoms with Crippen molar-refractivity contribution in [3.05, 3.63) is 54.6 Å². The van der Waals surface area contributed by atoms with Crippen LogP contribution in [0.4, 0.5) is 0 Å². The van der Waals surface area contributed by atoms with Crippen LogP contribution in [0.3, 0.4) is 0 Å². The first-order chi connectivity index (χ1) is 8.81. The van der Waals surface area contributed by atoms with Gasteiger partial charge in [0.2, 0.25) is 0 Å². The molecule has 0 amide bonds. The van der Waals surface area contributed by atoms with Gasteiger partial charge in [0.1, 0.15) is 5.75 Å². The molecule has 0 aliphatic heterocycles. The maximum Gasteiger partial charge on any atom is 0.127 e. The molecule has 0 heterocycles. The molecule has 2 aromatic carbocycles. The maximum atomic E-state index is 5.90. The predicted octanol–water partition coefficient (Wildman–Crippen LogP) is 4.30. The maximum absolute atomic E-state index is 5.90. The van der Waals surface area contributed by atoms with Gasteiger partial charge in [0.25, 0.3) is 0 Å². The van der Waals surface area contributed by atoms with Crippen molar-refractivity contribution in [3.63, 3.8) is 0 Å². The zero-order valence-corrected chi connectivity index (χ0v) is 11.4. The number of rotatable bonds is 5. The molecule has 0 aromatic heterocycles. The first-order valence-corrected chi connectivity index (χ1v) is 6.82. The summed E-state index contributed by atoms with van der Waals surface area (Å²) >= 11 is 4.28. The van der Waals surface area contributed by atoms with Crippen LogP contribution < -0.4 is 4.74 Å². The first kappa shape index (κ1) is 13.0. The van der Waals surface area contributed by atoms with E-state index in [1.54, 1.807) is 0 Å². The fourth-order valence-corrected chi connectivity index (χ4v) is 1.84. The molecule has 94 valence electrons. The molecule has 0 saturated heterocycles. The van der Waals surface area contributed by atoms with E-state index in [0.717, 1.165) is 17.1 Å². The standard InChI is InChI=1S/C16H18OS/c1-13(12-18)11-17-16-10-6-5-9-15(16)14-7-3-2-4-8-14/h2-10,13,18H,11-12H2,1H3. The van der Waals surface area contributed by atoms with Crippen molar-refractivity contribution in [2.24, 2.45) is 5.92 Å². The minimum absolute atomic E-state index is 0.456. The van der Waals surface area contributed by atoms with Gasteiger partial charge in [0.05, 0.1) is 6.61 Å². The molecule has 0 N–H and O–H groups in total. The fraction of sp³-hybridized carbons (Fsp3) is 0.250. The van der Waals surface area contributed by atoms with Crippen molar-refractivity contribution in [2.75, 3.05) is 12.4 Å². The Hall–Kier alpha value is -1.41. The molecule has 2 rings (SSSR count). The summed E-state index contributed by atoms with van der Waals surface area (Å²) in [5, 5.41) is 0. The first-order valence-electron chi connectivity index (χ1n) is 6.19. The third-order valence-electron chi connectivity index (χ3n) is 2.81. The second kappa shape index (κ2) is 6.50. The SMILES string of the molecule is CC(CS)COc1ccccc1-c1ccccc1. The zero-order chi connectivity index (χ0) is 12.8. The summed E-state index contributed by atoms with van der Waals surface area (Å²) in [4.78, 5) is 0. The van der Waals surface area contributed by atoms with Crippen LogP contribution in [-0.2, 0) is 0 Å². The van der Waals surface area contributed by atoms with Gasteiger partial charge in [-0.15, -0.1) is 0 Å². The lowest BCUT2D eigenvalue weighted by molar-refractivity contribution is 0.275. The van der Waals surface area contributed by atoms with Crippen LogP contribution in [0.5, 0.6) is 5.75 Å². The minimum Gasteiger partial charge on any atom is -0.493 e. The predicted molar refractivity (Wildman–Crippen MR) is 80.4 cm³/mol. The molecule has 0 aliphatic rings. The van der Waals surface area contributed by atoms with E-state index in [4.69, 9.17) is 4.74 Å². The Morgan fingerprint density at radius 2 is 1.67 bits per heavy atom. The van der Waals surface area contributed by atoms with Gasteiger partial charge in [-0.1, -0.05) is 55.5 Å². The molecular formula is C16H18OS. The summed E-state index contributed by atoms with van der Waals surface area (Å²) in [6.07, 6.45) is 0. The molecule has 1 atom stereocenters. The van der Waals surface area contributed by atoms with Crippen molar-refractivity contribution >= 4 is 12.6 Å². The van der Waals surface area contributed by atoms with E-state index >= 15 is 0 Å². The normalized spacial score (nSPS) is 12.1. The van der Waals surface area contributed by atoms with Crippen molar-refractivity contribution in [1.29, 1.82) is 0 Å². The van der Waals surface area contributed by atoms with Crippen LogP contribution in [0.2, 0.25) is 0 Å². The van der Waals surface area contributed by atoms with Gasteiger partial charge in [0, 0.05) is 5.56 Å². The monoisotopic (exact) mass is 258 g/mol. The van der Waals surface area contributed by atoms with E-state index in [1.165, 1.54) is 5.56 Å². The second-order valence-electron chi connectivity index (χ2n) is 4.46. The highest BCUT2D eigenvalue weighted by Gasteiger charge is 2.06. The van der Waals surface area contributed by atoms with Crippen LogP contribution >= 0.6 is 12.6 Å². The molecule has 2 aromatic rings. The van der Waals surface area contributed by atoms with Gasteiger partial charge in [-0.3, -0.25) is 0 Å². The number of ether oxygens (including phenoxy) is 1. The van der Waals surface area contributed by atoms with Crippen LogP contribution in [0.1, 0.15) is 6.92 Å². The van der Waals surface area contributed by atoms with Gasteiger partial charge in [-0.2, -0.15) is 12.6 Å². The smallest absolute Gasteiger partial charge is 0.127 e. The average Bonchev–Trinajstić information content (AvgIpc) is 2.46. The molecule has 0 spiro atoms. The van der Waals surface area contributed by atoms with Gasteiger partial charge in [0.15, 0.2) is 0 Å². The van der Waals surface area contributed by atoms with Gasteiger partial charge in [-0.05, 0) is 23.3 Å². The molecule has 0 bridgehead atoms. The highest BCUT2D eigenvalue weighted by molar-refractivity contribution is 7.80. The summed E-state index contributed by atoms with van der Waals surface area (Å²) in [5.74, 6) is 2.24. The summed E-state index contributed by atoms with van der Waals surface area (Å²) in [6.45, 7) is 2.84. The molecule has 1 nitrogen and oxygen atoms in total. The molecule has 0 aliphatic carbocycles. The number of hydrogen-bond donors (Lipinski definition) is 1. The van der Waals surface area contributed by atoms with E-state index in [9.17, 15) is 0 Å².